The lowest BCUT2D eigenvalue weighted by Crippen LogP contribution is -2.43. The van der Waals surface area contributed by atoms with E-state index in [2.05, 4.69) is 10.6 Å². The minimum absolute atomic E-state index is 0.122. The molecule has 1 aromatic rings. The van der Waals surface area contributed by atoms with Crippen LogP contribution in [-0.4, -0.2) is 18.8 Å². The van der Waals surface area contributed by atoms with Crippen molar-refractivity contribution in [3.63, 3.8) is 0 Å². The second-order valence-corrected chi connectivity index (χ2v) is 6.71. The van der Waals surface area contributed by atoms with Gasteiger partial charge in [-0.05, 0) is 25.0 Å². The van der Waals surface area contributed by atoms with E-state index in [0.29, 0.717) is 6.04 Å². The highest BCUT2D eigenvalue weighted by Crippen LogP contribution is 2.17. The fourth-order valence-electron chi connectivity index (χ4n) is 3.25. The van der Waals surface area contributed by atoms with E-state index in [-0.39, 0.29) is 12.8 Å². The molecule has 0 spiro atoms. The molecule has 0 heterocycles. The molecule has 0 aromatic heterocycles. The van der Waals surface area contributed by atoms with Gasteiger partial charge in [-0.15, -0.1) is 0 Å². The third-order valence-electron chi connectivity index (χ3n) is 4.66. The first-order chi connectivity index (χ1) is 11.8. The van der Waals surface area contributed by atoms with Crippen molar-refractivity contribution >= 4 is 6.03 Å². The predicted octanol–water partition coefficient (Wildman–Crippen LogP) is 5.00. The molecule has 0 atom stereocenters. The van der Waals surface area contributed by atoms with Gasteiger partial charge in [0.05, 0.1) is 0 Å². The third-order valence-corrected chi connectivity index (χ3v) is 4.66. The Labute approximate surface area is 146 Å². The lowest BCUT2D eigenvalue weighted by Gasteiger charge is -2.20. The van der Waals surface area contributed by atoms with Crippen LogP contribution in [0.25, 0.3) is 0 Å². The molecule has 134 valence electrons. The molecule has 2 amide bonds. The van der Waals surface area contributed by atoms with Crippen LogP contribution in [0, 0.1) is 0 Å². The second kappa shape index (κ2) is 11.8. The van der Waals surface area contributed by atoms with Gasteiger partial charge < -0.3 is 15.4 Å². The first-order valence-corrected chi connectivity index (χ1v) is 9.57. The van der Waals surface area contributed by atoms with Crippen molar-refractivity contribution in [2.24, 2.45) is 0 Å². The summed E-state index contributed by atoms with van der Waals surface area (Å²) in [6.45, 7) is 0.197. The Bertz CT molecular complexity index is 438. The molecule has 24 heavy (non-hydrogen) atoms. The van der Waals surface area contributed by atoms with E-state index in [1.54, 1.807) is 0 Å². The molecule has 2 N–H and O–H groups in total. The van der Waals surface area contributed by atoms with Crippen molar-refractivity contribution < 1.29 is 9.53 Å². The van der Waals surface area contributed by atoms with E-state index in [0.717, 1.165) is 18.6 Å². The lowest BCUT2D eigenvalue weighted by atomic mass is 9.98. The van der Waals surface area contributed by atoms with Gasteiger partial charge in [-0.25, -0.2) is 4.79 Å². The quantitative estimate of drug-likeness (QED) is 0.763. The van der Waals surface area contributed by atoms with E-state index in [9.17, 15) is 4.79 Å². The summed E-state index contributed by atoms with van der Waals surface area (Å²) in [7, 11) is 0. The Kier molecular flexibility index (Phi) is 9.13. The summed E-state index contributed by atoms with van der Waals surface area (Å²) in [4.78, 5) is 12.1. The molecular weight excluding hydrogens is 300 g/mol. The fraction of sp³-hybridized carbons (Fsp3) is 0.650. The standard InChI is InChI=1S/C20H32N2O2/c23-20(21-17-24-19-15-11-8-12-16-19)22-18-13-9-6-4-2-1-3-5-7-10-14-18/h8,11-12,15-16,18H,1-7,9-10,13-14,17H2,(H2,21,22,23). The van der Waals surface area contributed by atoms with E-state index >= 15 is 0 Å². The largest absolute Gasteiger partial charge is 0.473 e. The minimum atomic E-state index is -0.122. The van der Waals surface area contributed by atoms with Crippen LogP contribution in [-0.2, 0) is 0 Å². The molecule has 1 aromatic carbocycles. The first kappa shape index (κ1) is 18.6. The Morgan fingerprint density at radius 2 is 1.42 bits per heavy atom. The number of ether oxygens (including phenoxy) is 1. The van der Waals surface area contributed by atoms with Crippen molar-refractivity contribution in [1.82, 2.24) is 10.6 Å². The van der Waals surface area contributed by atoms with Gasteiger partial charge in [0, 0.05) is 6.04 Å². The summed E-state index contributed by atoms with van der Waals surface area (Å²) >= 11 is 0. The Hall–Kier alpha value is -1.71. The molecule has 0 radical (unpaired) electrons. The summed E-state index contributed by atoms with van der Waals surface area (Å²) in [5, 5.41) is 5.92. The number of benzene rings is 1. The average Bonchev–Trinajstić information content (AvgIpc) is 2.58. The van der Waals surface area contributed by atoms with Crippen molar-refractivity contribution in [2.75, 3.05) is 6.73 Å². The van der Waals surface area contributed by atoms with Gasteiger partial charge in [0.2, 0.25) is 0 Å². The zero-order valence-corrected chi connectivity index (χ0v) is 14.8. The average molecular weight is 332 g/mol. The van der Waals surface area contributed by atoms with Gasteiger partial charge in [0.15, 0.2) is 6.73 Å². The van der Waals surface area contributed by atoms with Gasteiger partial charge in [0.1, 0.15) is 5.75 Å². The van der Waals surface area contributed by atoms with Gasteiger partial charge in [-0.1, -0.05) is 76.0 Å². The molecule has 2 rings (SSSR count). The monoisotopic (exact) mass is 332 g/mol. The summed E-state index contributed by atoms with van der Waals surface area (Å²) in [5.74, 6) is 0.767. The Morgan fingerprint density at radius 3 is 2.00 bits per heavy atom. The number of carbonyl (C=O) groups excluding carboxylic acids is 1. The molecule has 4 nitrogen and oxygen atoms in total. The van der Waals surface area contributed by atoms with Crippen LogP contribution in [0.5, 0.6) is 5.75 Å². The maximum Gasteiger partial charge on any atom is 0.317 e. The summed E-state index contributed by atoms with van der Waals surface area (Å²) in [6.07, 6.45) is 14.0. The summed E-state index contributed by atoms with van der Waals surface area (Å²) < 4.78 is 5.51. The van der Waals surface area contributed by atoms with Crippen molar-refractivity contribution in [2.45, 2.75) is 76.7 Å². The number of hydrogen-bond acceptors (Lipinski definition) is 2. The van der Waals surface area contributed by atoms with Crippen LogP contribution >= 0.6 is 0 Å². The number of amides is 2. The molecule has 4 heteroatoms. The maximum atomic E-state index is 12.1. The highest BCUT2D eigenvalue weighted by atomic mass is 16.5. The van der Waals surface area contributed by atoms with Crippen LogP contribution in [0.4, 0.5) is 4.79 Å². The lowest BCUT2D eigenvalue weighted by molar-refractivity contribution is 0.218. The second-order valence-electron chi connectivity index (χ2n) is 6.71. The van der Waals surface area contributed by atoms with Crippen LogP contribution < -0.4 is 15.4 Å². The number of nitrogens with one attached hydrogen (secondary N) is 2. The molecule has 0 saturated heterocycles. The van der Waals surface area contributed by atoms with Gasteiger partial charge in [-0.3, -0.25) is 0 Å². The molecule has 1 fully saturated rings. The summed E-state index contributed by atoms with van der Waals surface area (Å²) in [5.41, 5.74) is 0. The number of hydrogen-bond donors (Lipinski definition) is 2. The zero-order valence-electron chi connectivity index (χ0n) is 14.8. The van der Waals surface area contributed by atoms with Crippen molar-refractivity contribution in [3.8, 4) is 5.75 Å². The SMILES string of the molecule is O=C(NCOc1ccccc1)NC1CCCCCCCCCCC1. The van der Waals surface area contributed by atoms with Crippen LogP contribution in [0.1, 0.15) is 70.6 Å². The molecular formula is C20H32N2O2. The molecule has 0 aliphatic heterocycles. The zero-order chi connectivity index (χ0) is 16.9. The van der Waals surface area contributed by atoms with Gasteiger partial charge >= 0.3 is 6.03 Å². The van der Waals surface area contributed by atoms with E-state index in [1.165, 1.54) is 57.8 Å². The number of para-hydroxylation sites is 1. The topological polar surface area (TPSA) is 50.4 Å². The van der Waals surface area contributed by atoms with Crippen molar-refractivity contribution in [3.05, 3.63) is 30.3 Å². The van der Waals surface area contributed by atoms with Crippen molar-refractivity contribution in [1.29, 1.82) is 0 Å². The van der Waals surface area contributed by atoms with E-state index < -0.39 is 0 Å². The molecule has 1 saturated carbocycles. The Balaban J connectivity index is 1.66. The maximum absolute atomic E-state index is 12.1. The number of rotatable bonds is 4. The fourth-order valence-corrected chi connectivity index (χ4v) is 3.25. The van der Waals surface area contributed by atoms with E-state index in [4.69, 9.17) is 4.74 Å². The molecule has 0 unspecified atom stereocenters. The smallest absolute Gasteiger partial charge is 0.317 e. The van der Waals surface area contributed by atoms with Gasteiger partial charge in [-0.2, -0.15) is 0 Å². The summed E-state index contributed by atoms with van der Waals surface area (Å²) in [6, 6.07) is 9.71. The number of urea groups is 1. The van der Waals surface area contributed by atoms with Crippen LogP contribution in [0.3, 0.4) is 0 Å². The Morgan fingerprint density at radius 1 is 0.875 bits per heavy atom. The molecule has 0 bridgehead atoms. The van der Waals surface area contributed by atoms with Crippen LogP contribution in [0.15, 0.2) is 30.3 Å². The molecule has 1 aliphatic rings. The molecule has 1 aliphatic carbocycles. The predicted molar refractivity (Wildman–Crippen MR) is 98.2 cm³/mol. The van der Waals surface area contributed by atoms with Crippen LogP contribution in [0.2, 0.25) is 0 Å². The minimum Gasteiger partial charge on any atom is -0.473 e. The highest BCUT2D eigenvalue weighted by Gasteiger charge is 2.12. The van der Waals surface area contributed by atoms with Gasteiger partial charge in [0.25, 0.3) is 0 Å². The third kappa shape index (κ3) is 8.23. The normalized spacial score (nSPS) is 18.0. The number of carbonyl (C=O) groups is 1. The van der Waals surface area contributed by atoms with E-state index in [1.807, 2.05) is 30.3 Å². The first-order valence-electron chi connectivity index (χ1n) is 9.57. The highest BCUT2D eigenvalue weighted by molar-refractivity contribution is 5.74.